The summed E-state index contributed by atoms with van der Waals surface area (Å²) in [7, 11) is 0. The second kappa shape index (κ2) is 6.06. The lowest BCUT2D eigenvalue weighted by Crippen LogP contribution is -2.15. The van der Waals surface area contributed by atoms with Gasteiger partial charge in [-0.05, 0) is 47.5 Å². The topological polar surface area (TPSA) is 42.2 Å². The zero-order valence-electron chi connectivity index (χ0n) is 13.7. The molecule has 0 aliphatic rings. The Morgan fingerprint density at radius 1 is 1.12 bits per heavy atom. The molecule has 0 saturated carbocycles. The summed E-state index contributed by atoms with van der Waals surface area (Å²) >= 11 is 0. The molecule has 25 heavy (non-hydrogen) atoms. The van der Waals surface area contributed by atoms with Crippen LogP contribution >= 0.6 is 0 Å². The average molecular weight is 333 g/mol. The SMILES string of the molecule is Cc1cc(F)ccc1NC(=O)Cc1coc2ccc3ccccc3c12. The molecule has 0 spiro atoms. The molecule has 0 aliphatic heterocycles. The fourth-order valence-corrected chi connectivity index (χ4v) is 3.14. The van der Waals surface area contributed by atoms with Gasteiger partial charge in [0.25, 0.3) is 0 Å². The van der Waals surface area contributed by atoms with E-state index in [9.17, 15) is 9.18 Å². The number of benzene rings is 3. The van der Waals surface area contributed by atoms with Crippen LogP contribution in [0.15, 0.2) is 65.3 Å². The number of rotatable bonds is 3. The summed E-state index contributed by atoms with van der Waals surface area (Å²) in [6, 6.07) is 16.3. The maximum absolute atomic E-state index is 13.2. The first-order chi connectivity index (χ1) is 12.1. The molecule has 1 amide bonds. The van der Waals surface area contributed by atoms with Gasteiger partial charge < -0.3 is 9.73 Å². The lowest BCUT2D eigenvalue weighted by molar-refractivity contribution is -0.115. The highest BCUT2D eigenvalue weighted by atomic mass is 19.1. The van der Waals surface area contributed by atoms with Crippen LogP contribution in [0.1, 0.15) is 11.1 Å². The largest absolute Gasteiger partial charge is 0.464 e. The summed E-state index contributed by atoms with van der Waals surface area (Å²) in [6.07, 6.45) is 1.83. The minimum Gasteiger partial charge on any atom is -0.464 e. The molecule has 1 N–H and O–H groups in total. The van der Waals surface area contributed by atoms with Gasteiger partial charge in [0.15, 0.2) is 0 Å². The minimum absolute atomic E-state index is 0.162. The van der Waals surface area contributed by atoms with Crippen molar-refractivity contribution in [1.82, 2.24) is 0 Å². The summed E-state index contributed by atoms with van der Waals surface area (Å²) in [5, 5.41) is 5.97. The Morgan fingerprint density at radius 2 is 1.96 bits per heavy atom. The third-order valence-electron chi connectivity index (χ3n) is 4.35. The van der Waals surface area contributed by atoms with Crippen molar-refractivity contribution in [3.05, 3.63) is 77.8 Å². The van der Waals surface area contributed by atoms with E-state index >= 15 is 0 Å². The molecule has 0 bridgehead atoms. The van der Waals surface area contributed by atoms with E-state index in [1.807, 2.05) is 36.4 Å². The van der Waals surface area contributed by atoms with Crippen LogP contribution in [0.2, 0.25) is 0 Å². The van der Waals surface area contributed by atoms with Crippen molar-refractivity contribution in [2.75, 3.05) is 5.32 Å². The van der Waals surface area contributed by atoms with Gasteiger partial charge >= 0.3 is 0 Å². The number of nitrogens with one attached hydrogen (secondary N) is 1. The van der Waals surface area contributed by atoms with Gasteiger partial charge in [-0.2, -0.15) is 0 Å². The van der Waals surface area contributed by atoms with Crippen LogP contribution in [-0.4, -0.2) is 5.91 Å². The second-order valence-electron chi connectivity index (χ2n) is 6.10. The van der Waals surface area contributed by atoms with Crippen LogP contribution in [-0.2, 0) is 11.2 Å². The fraction of sp³-hybridized carbons (Fsp3) is 0.0952. The average Bonchev–Trinajstić information content (AvgIpc) is 3.01. The predicted molar refractivity (Wildman–Crippen MR) is 97.2 cm³/mol. The molecule has 3 aromatic carbocycles. The molecule has 4 aromatic rings. The van der Waals surface area contributed by atoms with E-state index in [0.29, 0.717) is 11.3 Å². The molecule has 0 radical (unpaired) electrons. The summed E-state index contributed by atoms with van der Waals surface area (Å²) in [5.74, 6) is -0.479. The van der Waals surface area contributed by atoms with Crippen LogP contribution < -0.4 is 5.32 Å². The summed E-state index contributed by atoms with van der Waals surface area (Å²) < 4.78 is 18.8. The Balaban J connectivity index is 1.66. The first kappa shape index (κ1) is 15.4. The highest BCUT2D eigenvalue weighted by molar-refractivity contribution is 6.09. The standard InChI is InChI=1S/C21H16FNO2/c1-13-10-16(22)7-8-18(13)23-20(24)11-15-12-25-19-9-6-14-4-2-3-5-17(14)21(15)19/h2-10,12H,11H2,1H3,(H,23,24). The molecule has 0 aliphatic carbocycles. The second-order valence-corrected chi connectivity index (χ2v) is 6.10. The summed E-state index contributed by atoms with van der Waals surface area (Å²) in [6.45, 7) is 1.76. The van der Waals surface area contributed by atoms with Crippen molar-refractivity contribution in [3.8, 4) is 0 Å². The molecule has 1 aromatic heterocycles. The molecule has 4 rings (SSSR count). The number of amides is 1. The number of carbonyl (C=O) groups is 1. The van der Waals surface area contributed by atoms with E-state index in [1.54, 1.807) is 19.3 Å². The highest BCUT2D eigenvalue weighted by Gasteiger charge is 2.14. The predicted octanol–water partition coefficient (Wildman–Crippen LogP) is 5.21. The Morgan fingerprint density at radius 3 is 2.80 bits per heavy atom. The van der Waals surface area contributed by atoms with Crippen molar-refractivity contribution in [2.24, 2.45) is 0 Å². The molecular weight excluding hydrogens is 317 g/mol. The molecule has 4 heteroatoms. The zero-order valence-corrected chi connectivity index (χ0v) is 13.7. The Hall–Kier alpha value is -3.14. The van der Waals surface area contributed by atoms with Gasteiger partial charge in [-0.3, -0.25) is 4.79 Å². The molecule has 0 saturated heterocycles. The first-order valence-corrected chi connectivity index (χ1v) is 8.05. The number of fused-ring (bicyclic) bond motifs is 3. The van der Waals surface area contributed by atoms with Gasteiger partial charge in [0.2, 0.25) is 5.91 Å². The van der Waals surface area contributed by atoms with E-state index in [4.69, 9.17) is 4.42 Å². The van der Waals surface area contributed by atoms with Gasteiger partial charge in [0.05, 0.1) is 12.7 Å². The van der Waals surface area contributed by atoms with Gasteiger partial charge in [-0.15, -0.1) is 0 Å². The molecule has 0 atom stereocenters. The summed E-state index contributed by atoms with van der Waals surface area (Å²) in [4.78, 5) is 12.5. The highest BCUT2D eigenvalue weighted by Crippen LogP contribution is 2.30. The maximum Gasteiger partial charge on any atom is 0.228 e. The number of furan rings is 1. The number of hydrogen-bond acceptors (Lipinski definition) is 2. The number of aryl methyl sites for hydroxylation is 1. The lowest BCUT2D eigenvalue weighted by atomic mass is 10.0. The van der Waals surface area contributed by atoms with Crippen LogP contribution in [0.25, 0.3) is 21.7 Å². The molecule has 0 fully saturated rings. The van der Waals surface area contributed by atoms with E-state index in [0.717, 1.165) is 27.3 Å². The van der Waals surface area contributed by atoms with Gasteiger partial charge in [0.1, 0.15) is 11.4 Å². The molecule has 124 valence electrons. The van der Waals surface area contributed by atoms with Crippen molar-refractivity contribution >= 4 is 33.3 Å². The Kier molecular flexibility index (Phi) is 3.73. The third kappa shape index (κ3) is 2.87. The van der Waals surface area contributed by atoms with Crippen molar-refractivity contribution in [1.29, 1.82) is 0 Å². The number of carbonyl (C=O) groups excluding carboxylic acids is 1. The normalized spacial score (nSPS) is 11.1. The fourth-order valence-electron chi connectivity index (χ4n) is 3.14. The van der Waals surface area contributed by atoms with Crippen LogP contribution in [0, 0.1) is 12.7 Å². The molecular formula is C21H16FNO2. The monoisotopic (exact) mass is 333 g/mol. The zero-order chi connectivity index (χ0) is 17.4. The van der Waals surface area contributed by atoms with Crippen molar-refractivity contribution < 1.29 is 13.6 Å². The number of anilines is 1. The van der Waals surface area contributed by atoms with Gasteiger partial charge in [-0.1, -0.05) is 30.3 Å². The first-order valence-electron chi connectivity index (χ1n) is 8.05. The quantitative estimate of drug-likeness (QED) is 0.559. The number of halogens is 1. The van der Waals surface area contributed by atoms with E-state index < -0.39 is 0 Å². The van der Waals surface area contributed by atoms with Crippen LogP contribution in [0.4, 0.5) is 10.1 Å². The number of hydrogen-bond donors (Lipinski definition) is 1. The van der Waals surface area contributed by atoms with Crippen molar-refractivity contribution in [2.45, 2.75) is 13.3 Å². The van der Waals surface area contributed by atoms with Gasteiger partial charge in [0, 0.05) is 16.6 Å². The van der Waals surface area contributed by atoms with Crippen molar-refractivity contribution in [3.63, 3.8) is 0 Å². The Bertz CT molecular complexity index is 1100. The van der Waals surface area contributed by atoms with E-state index in [-0.39, 0.29) is 18.1 Å². The van der Waals surface area contributed by atoms with Crippen LogP contribution in [0.3, 0.4) is 0 Å². The maximum atomic E-state index is 13.2. The smallest absolute Gasteiger partial charge is 0.228 e. The molecule has 1 heterocycles. The lowest BCUT2D eigenvalue weighted by Gasteiger charge is -2.08. The van der Waals surface area contributed by atoms with E-state index in [2.05, 4.69) is 5.32 Å². The molecule has 3 nitrogen and oxygen atoms in total. The minimum atomic E-state index is -0.317. The van der Waals surface area contributed by atoms with Gasteiger partial charge in [-0.25, -0.2) is 4.39 Å². The summed E-state index contributed by atoms with van der Waals surface area (Å²) in [5.41, 5.74) is 2.91. The third-order valence-corrected chi connectivity index (χ3v) is 4.35. The Labute approximate surface area is 144 Å². The van der Waals surface area contributed by atoms with Crippen LogP contribution in [0.5, 0.6) is 0 Å². The molecule has 0 unspecified atom stereocenters. The van der Waals surface area contributed by atoms with E-state index in [1.165, 1.54) is 12.1 Å².